The summed E-state index contributed by atoms with van der Waals surface area (Å²) in [6, 6.07) is 6.89. The van der Waals surface area contributed by atoms with Gasteiger partial charge in [-0.3, -0.25) is 0 Å². The number of fused-ring (bicyclic) bond motifs is 3. The van der Waals surface area contributed by atoms with Crippen molar-refractivity contribution in [2.24, 2.45) is 5.92 Å². The van der Waals surface area contributed by atoms with Crippen LogP contribution in [-0.2, 0) is 12.8 Å². The third-order valence-corrected chi connectivity index (χ3v) is 7.39. The number of aromatic amines is 1. The van der Waals surface area contributed by atoms with Gasteiger partial charge in [-0.2, -0.15) is 0 Å². The molecule has 0 radical (unpaired) electrons. The minimum absolute atomic E-state index is 0.911. The van der Waals surface area contributed by atoms with Gasteiger partial charge >= 0.3 is 0 Å². The molecule has 2 aromatic rings. The maximum atomic E-state index is 3.69. The van der Waals surface area contributed by atoms with E-state index >= 15 is 0 Å². The molecule has 0 saturated heterocycles. The molecule has 0 aliphatic heterocycles. The van der Waals surface area contributed by atoms with E-state index < -0.39 is 0 Å². The van der Waals surface area contributed by atoms with E-state index in [2.05, 4.69) is 52.7 Å². The minimum Gasteiger partial charge on any atom is -0.358 e. The minimum atomic E-state index is 0.911. The molecule has 0 fully saturated rings. The van der Waals surface area contributed by atoms with Gasteiger partial charge in [-0.1, -0.05) is 96.5 Å². The van der Waals surface area contributed by atoms with E-state index in [-0.39, 0.29) is 0 Å². The largest absolute Gasteiger partial charge is 0.358 e. The van der Waals surface area contributed by atoms with Crippen molar-refractivity contribution in [2.45, 2.75) is 110 Å². The Bertz CT molecular complexity index is 702. The van der Waals surface area contributed by atoms with Gasteiger partial charge in [0.2, 0.25) is 0 Å². The summed E-state index contributed by atoms with van der Waals surface area (Å²) in [5.41, 5.74) is 4.49. The standard InChI is InChI=1S/C26H40IN/c1-2-3-4-5-6-7-8-9-10-11-12-13-14-21-15-18-25-24(19-21)23-17-16-22(27)20-26(23)28-25/h16-17,20-21,28H,2-15,18-19H2,1H3. The van der Waals surface area contributed by atoms with Gasteiger partial charge in [-0.05, 0) is 65.5 Å². The molecule has 1 aliphatic rings. The highest BCUT2D eigenvalue weighted by Crippen LogP contribution is 2.34. The summed E-state index contributed by atoms with van der Waals surface area (Å²) >= 11 is 2.42. The second kappa shape index (κ2) is 12.2. The number of hydrogen-bond acceptors (Lipinski definition) is 0. The first-order valence-electron chi connectivity index (χ1n) is 12.1. The molecular formula is C26H40IN. The molecule has 1 aliphatic carbocycles. The Balaban J connectivity index is 1.25. The number of rotatable bonds is 13. The number of H-pyrrole nitrogens is 1. The average molecular weight is 494 g/mol. The lowest BCUT2D eigenvalue weighted by Crippen LogP contribution is -2.13. The zero-order chi connectivity index (χ0) is 19.6. The second-order valence-electron chi connectivity index (χ2n) is 9.06. The zero-order valence-corrected chi connectivity index (χ0v) is 20.2. The third kappa shape index (κ3) is 6.78. The van der Waals surface area contributed by atoms with Gasteiger partial charge in [0.15, 0.2) is 0 Å². The highest BCUT2D eigenvalue weighted by atomic mass is 127. The quantitative estimate of drug-likeness (QED) is 0.212. The number of hydrogen-bond donors (Lipinski definition) is 1. The van der Waals surface area contributed by atoms with Crippen LogP contribution in [-0.4, -0.2) is 4.98 Å². The van der Waals surface area contributed by atoms with Crippen LogP contribution in [0.4, 0.5) is 0 Å². The van der Waals surface area contributed by atoms with Crippen molar-refractivity contribution in [1.82, 2.24) is 4.98 Å². The predicted molar refractivity (Wildman–Crippen MR) is 132 cm³/mol. The van der Waals surface area contributed by atoms with Crippen LogP contribution in [0, 0.1) is 9.49 Å². The van der Waals surface area contributed by atoms with Crippen LogP contribution in [0.5, 0.6) is 0 Å². The molecule has 1 N–H and O–H groups in total. The summed E-state index contributed by atoms with van der Waals surface area (Å²) in [7, 11) is 0. The van der Waals surface area contributed by atoms with Crippen LogP contribution in [0.2, 0.25) is 0 Å². The normalized spacial score (nSPS) is 16.6. The van der Waals surface area contributed by atoms with Gasteiger partial charge in [0, 0.05) is 20.2 Å². The van der Waals surface area contributed by atoms with Crippen LogP contribution < -0.4 is 0 Å². The van der Waals surface area contributed by atoms with Crippen LogP contribution in [0.1, 0.15) is 108 Å². The molecule has 1 nitrogen and oxygen atoms in total. The van der Waals surface area contributed by atoms with Crippen LogP contribution in [0.25, 0.3) is 10.9 Å². The Morgan fingerprint density at radius 3 is 2.21 bits per heavy atom. The highest BCUT2D eigenvalue weighted by Gasteiger charge is 2.22. The second-order valence-corrected chi connectivity index (χ2v) is 10.3. The average Bonchev–Trinajstić information content (AvgIpc) is 3.05. The number of aryl methyl sites for hydroxylation is 1. The summed E-state index contributed by atoms with van der Waals surface area (Å²) in [5, 5.41) is 1.48. The van der Waals surface area contributed by atoms with Crippen molar-refractivity contribution in [2.75, 3.05) is 0 Å². The maximum absolute atomic E-state index is 3.69. The Morgan fingerprint density at radius 2 is 1.54 bits per heavy atom. The summed E-state index contributed by atoms with van der Waals surface area (Å²) in [4.78, 5) is 3.69. The van der Waals surface area contributed by atoms with Gasteiger partial charge in [0.05, 0.1) is 0 Å². The van der Waals surface area contributed by atoms with Gasteiger partial charge < -0.3 is 4.98 Å². The number of benzene rings is 1. The van der Waals surface area contributed by atoms with E-state index in [1.807, 2.05) is 0 Å². The van der Waals surface area contributed by atoms with E-state index in [4.69, 9.17) is 0 Å². The summed E-state index contributed by atoms with van der Waals surface area (Å²) in [6.07, 6.45) is 22.8. The van der Waals surface area contributed by atoms with Crippen LogP contribution in [0.3, 0.4) is 0 Å². The van der Waals surface area contributed by atoms with Crippen LogP contribution in [0.15, 0.2) is 18.2 Å². The van der Waals surface area contributed by atoms with Crippen molar-refractivity contribution in [3.63, 3.8) is 0 Å². The molecule has 1 unspecified atom stereocenters. The molecular weight excluding hydrogens is 453 g/mol. The van der Waals surface area contributed by atoms with Crippen molar-refractivity contribution in [3.8, 4) is 0 Å². The number of halogens is 1. The number of nitrogens with one attached hydrogen (secondary N) is 1. The molecule has 3 rings (SSSR count). The first-order valence-corrected chi connectivity index (χ1v) is 13.1. The lowest BCUT2D eigenvalue weighted by atomic mass is 9.83. The fraction of sp³-hybridized carbons (Fsp3) is 0.692. The van der Waals surface area contributed by atoms with Crippen molar-refractivity contribution in [1.29, 1.82) is 0 Å². The summed E-state index contributed by atoms with van der Waals surface area (Å²) in [6.45, 7) is 2.30. The number of unbranched alkanes of at least 4 members (excludes halogenated alkanes) is 11. The molecule has 0 bridgehead atoms. The third-order valence-electron chi connectivity index (χ3n) is 6.72. The van der Waals surface area contributed by atoms with E-state index in [0.29, 0.717) is 0 Å². The van der Waals surface area contributed by atoms with E-state index in [1.54, 1.807) is 5.56 Å². The fourth-order valence-corrected chi connectivity index (χ4v) is 5.48. The fourth-order valence-electron chi connectivity index (χ4n) is 4.99. The van der Waals surface area contributed by atoms with E-state index in [9.17, 15) is 0 Å². The Morgan fingerprint density at radius 1 is 0.893 bits per heavy atom. The summed E-state index contributed by atoms with van der Waals surface area (Å²) < 4.78 is 1.33. The summed E-state index contributed by atoms with van der Waals surface area (Å²) in [5.74, 6) is 0.911. The first-order chi connectivity index (χ1) is 13.8. The topological polar surface area (TPSA) is 15.8 Å². The van der Waals surface area contributed by atoms with Crippen molar-refractivity contribution < 1.29 is 0 Å². The molecule has 2 heteroatoms. The zero-order valence-electron chi connectivity index (χ0n) is 18.0. The smallest absolute Gasteiger partial charge is 0.0469 e. The Labute approximate surface area is 186 Å². The molecule has 1 aromatic carbocycles. The van der Waals surface area contributed by atoms with E-state index in [1.165, 1.54) is 123 Å². The lowest BCUT2D eigenvalue weighted by molar-refractivity contribution is 0.403. The first kappa shape index (κ1) is 22.2. The molecule has 1 aromatic heterocycles. The van der Waals surface area contributed by atoms with Crippen molar-refractivity contribution in [3.05, 3.63) is 33.0 Å². The predicted octanol–water partition coefficient (Wildman–Crippen LogP) is 8.97. The SMILES string of the molecule is CCCCCCCCCCCCCCC1CCc2[nH]c3cc(I)ccc3c2C1. The van der Waals surface area contributed by atoms with Crippen molar-refractivity contribution >= 4 is 33.5 Å². The maximum Gasteiger partial charge on any atom is 0.0469 e. The Hall–Kier alpha value is -0.510. The molecule has 1 atom stereocenters. The van der Waals surface area contributed by atoms with Gasteiger partial charge in [-0.15, -0.1) is 0 Å². The molecule has 28 heavy (non-hydrogen) atoms. The molecule has 156 valence electrons. The molecule has 0 saturated carbocycles. The monoisotopic (exact) mass is 493 g/mol. The Kier molecular flexibility index (Phi) is 9.70. The van der Waals surface area contributed by atoms with Gasteiger partial charge in [0.1, 0.15) is 0 Å². The number of aromatic nitrogens is 1. The molecule has 0 spiro atoms. The van der Waals surface area contributed by atoms with Gasteiger partial charge in [0.25, 0.3) is 0 Å². The molecule has 1 heterocycles. The highest BCUT2D eigenvalue weighted by molar-refractivity contribution is 14.1. The van der Waals surface area contributed by atoms with Crippen LogP contribution >= 0.6 is 22.6 Å². The van der Waals surface area contributed by atoms with E-state index in [0.717, 1.165) is 5.92 Å². The van der Waals surface area contributed by atoms with Gasteiger partial charge in [-0.25, -0.2) is 0 Å². The lowest BCUT2D eigenvalue weighted by Gasteiger charge is -2.22. The molecule has 0 amide bonds.